The Hall–Kier alpha value is -2.70. The van der Waals surface area contributed by atoms with Crippen molar-refractivity contribution in [1.29, 1.82) is 0 Å². The number of anilines is 1. The van der Waals surface area contributed by atoms with Crippen LogP contribution in [0.15, 0.2) is 60.0 Å². The average Bonchev–Trinajstić information content (AvgIpc) is 3.28. The Balaban J connectivity index is 1.17. The molecule has 0 spiro atoms. The third-order valence-corrected chi connectivity index (χ3v) is 6.32. The molecule has 1 aromatic heterocycles. The number of carbonyl (C=O) groups excluding carboxylic acids is 1. The SMILES string of the molecule is Cc1cccc(N2CCN(CCCNC(=O)c3csc(-c4ccccc4)n3)CC2)c1. The van der Waals surface area contributed by atoms with Gasteiger partial charge in [0.15, 0.2) is 0 Å². The summed E-state index contributed by atoms with van der Waals surface area (Å²) in [6.07, 6.45) is 0.950. The number of aromatic nitrogens is 1. The fourth-order valence-electron chi connectivity index (χ4n) is 3.74. The number of carbonyl (C=O) groups is 1. The fraction of sp³-hybridized carbons (Fsp3) is 0.333. The van der Waals surface area contributed by atoms with E-state index in [0.29, 0.717) is 12.2 Å². The Labute approximate surface area is 182 Å². The molecule has 0 atom stereocenters. The van der Waals surface area contributed by atoms with Crippen molar-refractivity contribution in [2.45, 2.75) is 13.3 Å². The molecule has 1 amide bonds. The summed E-state index contributed by atoms with van der Waals surface area (Å²) >= 11 is 1.51. The minimum atomic E-state index is -0.0855. The van der Waals surface area contributed by atoms with Gasteiger partial charge >= 0.3 is 0 Å². The predicted molar refractivity (Wildman–Crippen MR) is 124 cm³/mol. The molecule has 156 valence electrons. The number of nitrogens with zero attached hydrogens (tertiary/aromatic N) is 3. The van der Waals surface area contributed by atoms with Crippen molar-refractivity contribution in [3.8, 4) is 10.6 Å². The molecule has 30 heavy (non-hydrogen) atoms. The molecule has 1 fully saturated rings. The number of nitrogens with one attached hydrogen (secondary N) is 1. The van der Waals surface area contributed by atoms with Gasteiger partial charge in [-0.2, -0.15) is 0 Å². The fourth-order valence-corrected chi connectivity index (χ4v) is 4.55. The minimum absolute atomic E-state index is 0.0855. The summed E-state index contributed by atoms with van der Waals surface area (Å²) in [5, 5.41) is 5.73. The molecule has 1 aliphatic heterocycles. The average molecular weight is 421 g/mol. The van der Waals surface area contributed by atoms with Crippen LogP contribution in [0.1, 0.15) is 22.5 Å². The summed E-state index contributed by atoms with van der Waals surface area (Å²) < 4.78 is 0. The Morgan fingerprint density at radius 1 is 1.07 bits per heavy atom. The smallest absolute Gasteiger partial charge is 0.270 e. The van der Waals surface area contributed by atoms with E-state index in [-0.39, 0.29) is 5.91 Å². The molecule has 0 unspecified atom stereocenters. The quantitative estimate of drug-likeness (QED) is 0.586. The van der Waals surface area contributed by atoms with Crippen LogP contribution in [-0.4, -0.2) is 55.1 Å². The highest BCUT2D eigenvalue weighted by molar-refractivity contribution is 7.13. The van der Waals surface area contributed by atoms with Gasteiger partial charge in [0.05, 0.1) is 0 Å². The zero-order chi connectivity index (χ0) is 20.8. The van der Waals surface area contributed by atoms with Gasteiger partial charge in [0, 0.05) is 49.4 Å². The number of piperazine rings is 1. The van der Waals surface area contributed by atoms with Crippen molar-refractivity contribution in [3.63, 3.8) is 0 Å². The van der Waals surface area contributed by atoms with E-state index >= 15 is 0 Å². The topological polar surface area (TPSA) is 48.5 Å². The lowest BCUT2D eigenvalue weighted by atomic mass is 10.2. The van der Waals surface area contributed by atoms with Crippen molar-refractivity contribution >= 4 is 22.9 Å². The third-order valence-electron chi connectivity index (χ3n) is 5.43. The van der Waals surface area contributed by atoms with Crippen LogP contribution in [0.5, 0.6) is 0 Å². The molecule has 4 rings (SSSR count). The van der Waals surface area contributed by atoms with E-state index in [1.54, 1.807) is 0 Å². The zero-order valence-corrected chi connectivity index (χ0v) is 18.2. The molecule has 2 aromatic carbocycles. The number of hydrogen-bond acceptors (Lipinski definition) is 5. The van der Waals surface area contributed by atoms with Crippen LogP contribution in [0, 0.1) is 6.92 Å². The highest BCUT2D eigenvalue weighted by atomic mass is 32.1. The second-order valence-electron chi connectivity index (χ2n) is 7.68. The van der Waals surface area contributed by atoms with E-state index in [1.165, 1.54) is 22.6 Å². The molecule has 6 heteroatoms. The van der Waals surface area contributed by atoms with Crippen LogP contribution in [0.3, 0.4) is 0 Å². The van der Waals surface area contributed by atoms with Gasteiger partial charge in [0.2, 0.25) is 0 Å². The van der Waals surface area contributed by atoms with Crippen LogP contribution < -0.4 is 10.2 Å². The van der Waals surface area contributed by atoms with Crippen LogP contribution in [0.4, 0.5) is 5.69 Å². The minimum Gasteiger partial charge on any atom is -0.369 e. The Kier molecular flexibility index (Phi) is 6.77. The molecule has 3 aromatic rings. The number of amides is 1. The number of rotatable bonds is 7. The maximum atomic E-state index is 12.4. The summed E-state index contributed by atoms with van der Waals surface area (Å²) in [4.78, 5) is 21.8. The molecule has 0 aliphatic carbocycles. The molecule has 1 saturated heterocycles. The lowest BCUT2D eigenvalue weighted by Crippen LogP contribution is -2.47. The van der Waals surface area contributed by atoms with E-state index in [0.717, 1.165) is 49.7 Å². The summed E-state index contributed by atoms with van der Waals surface area (Å²) in [6.45, 7) is 8.06. The van der Waals surface area contributed by atoms with Crippen LogP contribution in [0.25, 0.3) is 10.6 Å². The van der Waals surface area contributed by atoms with Gasteiger partial charge in [0.25, 0.3) is 5.91 Å². The lowest BCUT2D eigenvalue weighted by Gasteiger charge is -2.36. The van der Waals surface area contributed by atoms with E-state index in [1.807, 2.05) is 35.7 Å². The monoisotopic (exact) mass is 420 g/mol. The van der Waals surface area contributed by atoms with E-state index in [9.17, 15) is 4.79 Å². The lowest BCUT2D eigenvalue weighted by molar-refractivity contribution is 0.0947. The van der Waals surface area contributed by atoms with Crippen molar-refractivity contribution in [2.24, 2.45) is 0 Å². The first kappa shape index (κ1) is 20.6. The van der Waals surface area contributed by atoms with Gasteiger partial charge in [-0.05, 0) is 37.6 Å². The zero-order valence-electron chi connectivity index (χ0n) is 17.4. The van der Waals surface area contributed by atoms with Gasteiger partial charge in [-0.15, -0.1) is 11.3 Å². The summed E-state index contributed by atoms with van der Waals surface area (Å²) in [7, 11) is 0. The highest BCUT2D eigenvalue weighted by Crippen LogP contribution is 2.23. The molecule has 1 N–H and O–H groups in total. The first-order valence-electron chi connectivity index (χ1n) is 10.5. The highest BCUT2D eigenvalue weighted by Gasteiger charge is 2.17. The number of aryl methyl sites for hydroxylation is 1. The maximum absolute atomic E-state index is 12.4. The molecular formula is C24H28N4OS. The van der Waals surface area contributed by atoms with Gasteiger partial charge in [-0.1, -0.05) is 42.5 Å². The largest absolute Gasteiger partial charge is 0.369 e. The summed E-state index contributed by atoms with van der Waals surface area (Å²) in [6, 6.07) is 18.7. The van der Waals surface area contributed by atoms with Gasteiger partial charge in [0.1, 0.15) is 10.7 Å². The first-order valence-corrected chi connectivity index (χ1v) is 11.4. The molecule has 2 heterocycles. The molecule has 1 aliphatic rings. The second-order valence-corrected chi connectivity index (χ2v) is 8.54. The standard InChI is InChI=1S/C24H28N4OS/c1-19-7-5-10-21(17-19)28-15-13-27(14-16-28)12-6-11-25-23(29)22-18-30-24(26-22)20-8-3-2-4-9-20/h2-5,7-10,17-18H,6,11-16H2,1H3,(H,25,29). The molecule has 0 radical (unpaired) electrons. The van der Waals surface area contributed by atoms with Gasteiger partial charge in [-0.25, -0.2) is 4.98 Å². The number of thiazole rings is 1. The predicted octanol–water partition coefficient (Wildman–Crippen LogP) is 4.06. The van der Waals surface area contributed by atoms with Crippen molar-refractivity contribution in [2.75, 3.05) is 44.2 Å². The molecule has 5 nitrogen and oxygen atoms in total. The Bertz CT molecular complexity index is 964. The van der Waals surface area contributed by atoms with E-state index in [2.05, 4.69) is 51.3 Å². The Morgan fingerprint density at radius 3 is 2.63 bits per heavy atom. The third kappa shape index (κ3) is 5.26. The van der Waals surface area contributed by atoms with Gasteiger partial charge in [-0.3, -0.25) is 9.69 Å². The van der Waals surface area contributed by atoms with Gasteiger partial charge < -0.3 is 10.2 Å². The van der Waals surface area contributed by atoms with E-state index in [4.69, 9.17) is 0 Å². The molecule has 0 saturated carbocycles. The van der Waals surface area contributed by atoms with Crippen LogP contribution >= 0.6 is 11.3 Å². The summed E-state index contributed by atoms with van der Waals surface area (Å²) in [5.74, 6) is -0.0855. The first-order chi connectivity index (χ1) is 14.7. The summed E-state index contributed by atoms with van der Waals surface area (Å²) in [5.41, 5.74) is 4.18. The maximum Gasteiger partial charge on any atom is 0.270 e. The molecule has 0 bridgehead atoms. The van der Waals surface area contributed by atoms with Crippen molar-refractivity contribution in [3.05, 3.63) is 71.2 Å². The second kappa shape index (κ2) is 9.87. The Morgan fingerprint density at radius 2 is 1.87 bits per heavy atom. The van der Waals surface area contributed by atoms with E-state index < -0.39 is 0 Å². The van der Waals surface area contributed by atoms with Crippen molar-refractivity contribution in [1.82, 2.24) is 15.2 Å². The van der Waals surface area contributed by atoms with Crippen LogP contribution in [0.2, 0.25) is 0 Å². The van der Waals surface area contributed by atoms with Crippen LogP contribution in [-0.2, 0) is 0 Å². The number of benzene rings is 2. The van der Waals surface area contributed by atoms with Crippen molar-refractivity contribution < 1.29 is 4.79 Å². The normalized spacial score (nSPS) is 14.6. The molecular weight excluding hydrogens is 392 g/mol. The number of hydrogen-bond donors (Lipinski definition) is 1.